The van der Waals surface area contributed by atoms with Gasteiger partial charge in [-0.05, 0) is 30.7 Å². The minimum atomic E-state index is -0.854. The highest BCUT2D eigenvalue weighted by molar-refractivity contribution is 5.73. The van der Waals surface area contributed by atoms with Gasteiger partial charge in [-0.3, -0.25) is 4.98 Å². The van der Waals surface area contributed by atoms with E-state index >= 15 is 0 Å². The molecule has 2 aromatic rings. The molecule has 0 aliphatic carbocycles. The third kappa shape index (κ3) is 3.83. The number of urea groups is 1. The molecular formula is C14H17N3O3. The zero-order chi connectivity index (χ0) is 14.4. The van der Waals surface area contributed by atoms with Crippen molar-refractivity contribution < 1.29 is 14.3 Å². The molecule has 0 spiro atoms. The second-order valence-electron chi connectivity index (χ2n) is 4.36. The van der Waals surface area contributed by atoms with Gasteiger partial charge in [0, 0.05) is 6.20 Å². The Morgan fingerprint density at radius 2 is 2.25 bits per heavy atom. The Morgan fingerprint density at radius 3 is 2.95 bits per heavy atom. The number of nitrogens with one attached hydrogen (secondary N) is 2. The Balaban J connectivity index is 1.75. The number of aliphatic hydroxyl groups is 1. The summed E-state index contributed by atoms with van der Waals surface area (Å²) in [5, 5.41) is 15.0. The van der Waals surface area contributed by atoms with Crippen LogP contribution in [-0.4, -0.2) is 22.7 Å². The summed E-state index contributed by atoms with van der Waals surface area (Å²) in [6.45, 7) is 2.36. The van der Waals surface area contributed by atoms with Crippen molar-refractivity contribution in [2.24, 2.45) is 0 Å². The van der Waals surface area contributed by atoms with Gasteiger partial charge in [-0.25, -0.2) is 4.79 Å². The van der Waals surface area contributed by atoms with Gasteiger partial charge in [0.15, 0.2) is 0 Å². The van der Waals surface area contributed by atoms with Crippen LogP contribution in [0.5, 0.6) is 0 Å². The van der Waals surface area contributed by atoms with Crippen LogP contribution in [-0.2, 0) is 6.54 Å². The maximum Gasteiger partial charge on any atom is 0.315 e. The molecule has 2 amide bonds. The van der Waals surface area contributed by atoms with Crippen molar-refractivity contribution in [3.8, 4) is 0 Å². The minimum absolute atomic E-state index is 0.0839. The lowest BCUT2D eigenvalue weighted by atomic mass is 10.2. The van der Waals surface area contributed by atoms with E-state index in [4.69, 9.17) is 4.42 Å². The molecule has 0 aromatic carbocycles. The minimum Gasteiger partial charge on any atom is -0.467 e. The summed E-state index contributed by atoms with van der Waals surface area (Å²) in [5.41, 5.74) is 1.83. The topological polar surface area (TPSA) is 87.4 Å². The normalized spacial score (nSPS) is 11.9. The molecule has 0 aliphatic heterocycles. The average Bonchev–Trinajstić information content (AvgIpc) is 2.98. The van der Waals surface area contributed by atoms with Crippen LogP contribution in [0.2, 0.25) is 0 Å². The molecule has 2 heterocycles. The zero-order valence-electron chi connectivity index (χ0n) is 11.2. The zero-order valence-corrected chi connectivity index (χ0v) is 11.2. The Bertz CT molecular complexity index is 555. The van der Waals surface area contributed by atoms with Crippen LogP contribution >= 0.6 is 0 Å². The van der Waals surface area contributed by atoms with Gasteiger partial charge in [-0.1, -0.05) is 6.07 Å². The van der Waals surface area contributed by atoms with Crippen molar-refractivity contribution in [3.63, 3.8) is 0 Å². The Hall–Kier alpha value is -2.34. The first-order valence-corrected chi connectivity index (χ1v) is 6.30. The third-order valence-corrected chi connectivity index (χ3v) is 2.86. The molecule has 6 nitrogen and oxygen atoms in total. The largest absolute Gasteiger partial charge is 0.467 e. The SMILES string of the molecule is Cc1cccnc1CNC(=O)NCC(O)c1ccco1. The molecule has 106 valence electrons. The predicted octanol–water partition coefficient (Wildman–Crippen LogP) is 1.52. The lowest BCUT2D eigenvalue weighted by Gasteiger charge is -2.11. The number of pyridine rings is 1. The Morgan fingerprint density at radius 1 is 1.40 bits per heavy atom. The Labute approximate surface area is 116 Å². The van der Waals surface area contributed by atoms with Crippen molar-refractivity contribution in [1.82, 2.24) is 15.6 Å². The fourth-order valence-corrected chi connectivity index (χ4v) is 1.70. The number of carbonyl (C=O) groups excluding carboxylic acids is 1. The summed E-state index contributed by atoms with van der Waals surface area (Å²) in [7, 11) is 0. The second-order valence-corrected chi connectivity index (χ2v) is 4.36. The maximum absolute atomic E-state index is 11.6. The lowest BCUT2D eigenvalue weighted by molar-refractivity contribution is 0.148. The Kier molecular flexibility index (Phi) is 4.73. The lowest BCUT2D eigenvalue weighted by Crippen LogP contribution is -2.37. The van der Waals surface area contributed by atoms with Gasteiger partial charge < -0.3 is 20.2 Å². The summed E-state index contributed by atoms with van der Waals surface area (Å²) >= 11 is 0. The first-order valence-electron chi connectivity index (χ1n) is 6.30. The van der Waals surface area contributed by atoms with Crippen LogP contribution in [0.15, 0.2) is 41.1 Å². The summed E-state index contributed by atoms with van der Waals surface area (Å²) in [4.78, 5) is 15.8. The molecule has 20 heavy (non-hydrogen) atoms. The van der Waals surface area contributed by atoms with E-state index in [-0.39, 0.29) is 12.6 Å². The van der Waals surface area contributed by atoms with E-state index in [9.17, 15) is 9.90 Å². The van der Waals surface area contributed by atoms with Crippen molar-refractivity contribution in [1.29, 1.82) is 0 Å². The standard InChI is InChI=1S/C14H17N3O3/c1-10-4-2-6-15-11(10)8-16-14(19)17-9-12(18)13-5-3-7-20-13/h2-7,12,18H,8-9H2,1H3,(H2,16,17,19). The number of rotatable bonds is 5. The second kappa shape index (κ2) is 6.72. The molecular weight excluding hydrogens is 258 g/mol. The molecule has 3 N–H and O–H groups in total. The number of carbonyl (C=O) groups is 1. The number of aliphatic hydroxyl groups excluding tert-OH is 1. The first-order chi connectivity index (χ1) is 9.66. The number of aromatic nitrogens is 1. The van der Waals surface area contributed by atoms with Crippen LogP contribution in [0.1, 0.15) is 23.1 Å². The van der Waals surface area contributed by atoms with Crippen LogP contribution in [0, 0.1) is 6.92 Å². The van der Waals surface area contributed by atoms with Crippen molar-refractivity contribution in [2.45, 2.75) is 19.6 Å². The van der Waals surface area contributed by atoms with E-state index in [1.165, 1.54) is 6.26 Å². The van der Waals surface area contributed by atoms with Gasteiger partial charge in [0.25, 0.3) is 0 Å². The van der Waals surface area contributed by atoms with Gasteiger partial charge in [0.05, 0.1) is 25.0 Å². The monoisotopic (exact) mass is 275 g/mol. The molecule has 2 aromatic heterocycles. The van der Waals surface area contributed by atoms with Crippen LogP contribution in [0.4, 0.5) is 4.79 Å². The quantitative estimate of drug-likeness (QED) is 0.772. The summed E-state index contributed by atoms with van der Waals surface area (Å²) in [6.07, 6.45) is 2.30. The first kappa shape index (κ1) is 14.1. The molecule has 0 radical (unpaired) electrons. The van der Waals surface area contributed by atoms with E-state index in [1.807, 2.05) is 19.1 Å². The number of hydrogen-bond acceptors (Lipinski definition) is 4. The molecule has 1 unspecified atom stereocenters. The summed E-state index contributed by atoms with van der Waals surface area (Å²) in [6, 6.07) is 6.76. The average molecular weight is 275 g/mol. The molecule has 0 saturated carbocycles. The molecule has 1 atom stereocenters. The van der Waals surface area contributed by atoms with Gasteiger partial charge >= 0.3 is 6.03 Å². The smallest absolute Gasteiger partial charge is 0.315 e. The van der Waals surface area contributed by atoms with Crippen molar-refractivity contribution in [3.05, 3.63) is 53.7 Å². The number of hydrogen-bond donors (Lipinski definition) is 3. The molecule has 0 bridgehead atoms. The van der Waals surface area contributed by atoms with Crippen molar-refractivity contribution >= 4 is 6.03 Å². The molecule has 0 saturated heterocycles. The number of amides is 2. The number of aryl methyl sites for hydroxylation is 1. The van der Waals surface area contributed by atoms with E-state index in [0.717, 1.165) is 11.3 Å². The highest BCUT2D eigenvalue weighted by Gasteiger charge is 2.11. The van der Waals surface area contributed by atoms with Gasteiger partial charge in [0.2, 0.25) is 0 Å². The molecule has 0 fully saturated rings. The molecule has 2 rings (SSSR count). The van der Waals surface area contributed by atoms with Gasteiger partial charge in [-0.2, -0.15) is 0 Å². The highest BCUT2D eigenvalue weighted by atomic mass is 16.4. The molecule has 6 heteroatoms. The van der Waals surface area contributed by atoms with Gasteiger partial charge in [-0.15, -0.1) is 0 Å². The fourth-order valence-electron chi connectivity index (χ4n) is 1.70. The summed E-state index contributed by atoms with van der Waals surface area (Å²) in [5.74, 6) is 0.422. The van der Waals surface area contributed by atoms with Crippen molar-refractivity contribution in [2.75, 3.05) is 6.54 Å². The van der Waals surface area contributed by atoms with Crippen LogP contribution in [0.25, 0.3) is 0 Å². The summed E-state index contributed by atoms with van der Waals surface area (Å²) < 4.78 is 5.04. The van der Waals surface area contributed by atoms with E-state index in [2.05, 4.69) is 15.6 Å². The van der Waals surface area contributed by atoms with Crippen LogP contribution < -0.4 is 10.6 Å². The van der Waals surface area contributed by atoms with Gasteiger partial charge in [0.1, 0.15) is 11.9 Å². The maximum atomic E-state index is 11.6. The number of nitrogens with zero attached hydrogens (tertiary/aromatic N) is 1. The fraction of sp³-hybridized carbons (Fsp3) is 0.286. The van der Waals surface area contributed by atoms with E-state index < -0.39 is 6.10 Å². The van der Waals surface area contributed by atoms with Crippen LogP contribution in [0.3, 0.4) is 0 Å². The number of furan rings is 1. The third-order valence-electron chi connectivity index (χ3n) is 2.86. The van der Waals surface area contributed by atoms with E-state index in [0.29, 0.717) is 12.3 Å². The van der Waals surface area contributed by atoms with E-state index in [1.54, 1.807) is 18.3 Å². The predicted molar refractivity (Wildman–Crippen MR) is 72.9 cm³/mol. The molecule has 0 aliphatic rings. The highest BCUT2D eigenvalue weighted by Crippen LogP contribution is 2.11.